The van der Waals surface area contributed by atoms with Crippen LogP contribution >= 0.6 is 11.6 Å². The molecule has 1 aromatic rings. The molecule has 2 N–H and O–H groups in total. The maximum atomic E-state index is 13.2. The molecule has 0 radical (unpaired) electrons. The SMILES string of the molecule is NC1(Cc2ccc(F)c(Cl)c2)CCCC(C2CC2)C1. The highest BCUT2D eigenvalue weighted by molar-refractivity contribution is 6.30. The molecule has 0 aliphatic heterocycles. The van der Waals surface area contributed by atoms with Gasteiger partial charge >= 0.3 is 0 Å². The highest BCUT2D eigenvalue weighted by Gasteiger charge is 2.39. The molecule has 3 rings (SSSR count). The molecule has 0 saturated heterocycles. The first-order valence-corrected chi connectivity index (χ1v) is 7.66. The number of hydrogen-bond donors (Lipinski definition) is 1. The summed E-state index contributed by atoms with van der Waals surface area (Å²) < 4.78 is 13.2. The summed E-state index contributed by atoms with van der Waals surface area (Å²) in [6.07, 6.45) is 8.36. The summed E-state index contributed by atoms with van der Waals surface area (Å²) in [5.74, 6) is 1.39. The van der Waals surface area contributed by atoms with Crippen molar-refractivity contribution in [2.24, 2.45) is 17.6 Å². The molecule has 0 amide bonds. The smallest absolute Gasteiger partial charge is 0.141 e. The average molecular weight is 282 g/mol. The second kappa shape index (κ2) is 5.06. The molecule has 0 aromatic heterocycles. The van der Waals surface area contributed by atoms with Crippen LogP contribution in [0.2, 0.25) is 5.02 Å². The first kappa shape index (κ1) is 13.4. The van der Waals surface area contributed by atoms with Gasteiger partial charge in [-0.2, -0.15) is 0 Å². The van der Waals surface area contributed by atoms with Crippen LogP contribution < -0.4 is 5.73 Å². The zero-order chi connectivity index (χ0) is 13.5. The van der Waals surface area contributed by atoms with E-state index in [2.05, 4.69) is 0 Å². The minimum atomic E-state index is -0.351. The maximum Gasteiger partial charge on any atom is 0.141 e. The zero-order valence-corrected chi connectivity index (χ0v) is 11.9. The van der Waals surface area contributed by atoms with Crippen molar-refractivity contribution in [3.63, 3.8) is 0 Å². The lowest BCUT2D eigenvalue weighted by Crippen LogP contribution is -2.46. The van der Waals surface area contributed by atoms with Crippen molar-refractivity contribution in [1.29, 1.82) is 0 Å². The van der Waals surface area contributed by atoms with Crippen LogP contribution in [0, 0.1) is 17.7 Å². The van der Waals surface area contributed by atoms with E-state index in [0.29, 0.717) is 0 Å². The molecule has 2 aliphatic rings. The average Bonchev–Trinajstić information content (AvgIpc) is 3.18. The van der Waals surface area contributed by atoms with E-state index in [9.17, 15) is 4.39 Å². The Kier molecular flexibility index (Phi) is 3.57. The summed E-state index contributed by atoms with van der Waals surface area (Å²) in [7, 11) is 0. The molecule has 1 nitrogen and oxygen atoms in total. The number of rotatable bonds is 3. The lowest BCUT2D eigenvalue weighted by Gasteiger charge is -2.38. The fourth-order valence-electron chi connectivity index (χ4n) is 3.63. The van der Waals surface area contributed by atoms with E-state index >= 15 is 0 Å². The van der Waals surface area contributed by atoms with Gasteiger partial charge in [-0.05, 0) is 61.6 Å². The minimum absolute atomic E-state index is 0.118. The molecular weight excluding hydrogens is 261 g/mol. The first-order valence-electron chi connectivity index (χ1n) is 7.29. The van der Waals surface area contributed by atoms with Crippen LogP contribution in [0.25, 0.3) is 0 Å². The summed E-state index contributed by atoms with van der Waals surface area (Å²) in [6, 6.07) is 4.99. The third kappa shape index (κ3) is 3.11. The maximum absolute atomic E-state index is 13.2. The molecule has 0 bridgehead atoms. The molecule has 2 saturated carbocycles. The van der Waals surface area contributed by atoms with Crippen LogP contribution in [0.4, 0.5) is 4.39 Å². The Hall–Kier alpha value is -0.600. The Morgan fingerprint density at radius 2 is 2.05 bits per heavy atom. The van der Waals surface area contributed by atoms with E-state index in [1.807, 2.05) is 6.07 Å². The summed E-state index contributed by atoms with van der Waals surface area (Å²) >= 11 is 5.85. The Bertz CT molecular complexity index is 472. The third-order valence-electron chi connectivity index (χ3n) is 4.75. The van der Waals surface area contributed by atoms with Gasteiger partial charge in [0, 0.05) is 5.54 Å². The molecule has 2 atom stereocenters. The predicted molar refractivity (Wildman–Crippen MR) is 76.7 cm³/mol. The standard InChI is InChI=1S/C16H21ClFN/c17-14-8-11(3-6-15(14)18)9-16(19)7-1-2-13(10-16)12-4-5-12/h3,6,8,12-13H,1-2,4-5,7,9-10,19H2. The van der Waals surface area contributed by atoms with Crippen molar-refractivity contribution >= 4 is 11.6 Å². The predicted octanol–water partition coefficient (Wildman–Crippen LogP) is 4.32. The molecule has 0 spiro atoms. The van der Waals surface area contributed by atoms with Gasteiger partial charge in [0.15, 0.2) is 0 Å². The van der Waals surface area contributed by atoms with Crippen LogP contribution in [-0.2, 0) is 6.42 Å². The lowest BCUT2D eigenvalue weighted by atomic mass is 9.72. The van der Waals surface area contributed by atoms with Crippen LogP contribution in [-0.4, -0.2) is 5.54 Å². The molecule has 1 aromatic carbocycles. The zero-order valence-electron chi connectivity index (χ0n) is 11.2. The van der Waals surface area contributed by atoms with Gasteiger partial charge in [-0.15, -0.1) is 0 Å². The highest BCUT2D eigenvalue weighted by atomic mass is 35.5. The van der Waals surface area contributed by atoms with Crippen molar-refractivity contribution in [2.75, 3.05) is 0 Å². The van der Waals surface area contributed by atoms with Crippen LogP contribution in [0.1, 0.15) is 44.1 Å². The van der Waals surface area contributed by atoms with Crippen LogP contribution in [0.5, 0.6) is 0 Å². The molecule has 2 unspecified atom stereocenters. The topological polar surface area (TPSA) is 26.0 Å². The van der Waals surface area contributed by atoms with E-state index in [-0.39, 0.29) is 16.4 Å². The summed E-state index contributed by atoms with van der Waals surface area (Å²) in [5.41, 5.74) is 7.54. The van der Waals surface area contributed by atoms with Crippen molar-refractivity contribution < 1.29 is 4.39 Å². The quantitative estimate of drug-likeness (QED) is 0.877. The molecule has 2 aliphatic carbocycles. The normalized spacial score (nSPS) is 31.4. The molecule has 2 fully saturated rings. The molecule has 19 heavy (non-hydrogen) atoms. The molecule has 3 heteroatoms. The number of nitrogens with two attached hydrogens (primary N) is 1. The van der Waals surface area contributed by atoms with E-state index in [4.69, 9.17) is 17.3 Å². The summed E-state index contributed by atoms with van der Waals surface area (Å²) in [4.78, 5) is 0. The Labute approximate surface area is 119 Å². The van der Waals surface area contributed by atoms with Gasteiger partial charge in [-0.25, -0.2) is 4.39 Å². The van der Waals surface area contributed by atoms with Gasteiger partial charge in [-0.1, -0.05) is 30.5 Å². The summed E-state index contributed by atoms with van der Waals surface area (Å²) in [5, 5.41) is 0.204. The van der Waals surface area contributed by atoms with Crippen molar-refractivity contribution in [1.82, 2.24) is 0 Å². The second-order valence-corrected chi connectivity index (χ2v) is 6.89. The third-order valence-corrected chi connectivity index (χ3v) is 5.04. The minimum Gasteiger partial charge on any atom is -0.325 e. The van der Waals surface area contributed by atoms with Crippen molar-refractivity contribution in [2.45, 2.75) is 50.5 Å². The fraction of sp³-hybridized carbons (Fsp3) is 0.625. The summed E-state index contributed by atoms with van der Waals surface area (Å²) in [6.45, 7) is 0. The van der Waals surface area contributed by atoms with E-state index < -0.39 is 0 Å². The monoisotopic (exact) mass is 281 g/mol. The Balaban J connectivity index is 1.71. The van der Waals surface area contributed by atoms with Gasteiger partial charge in [0.25, 0.3) is 0 Å². The van der Waals surface area contributed by atoms with Crippen molar-refractivity contribution in [3.05, 3.63) is 34.6 Å². The van der Waals surface area contributed by atoms with Crippen LogP contribution in [0.15, 0.2) is 18.2 Å². The number of benzene rings is 1. The van der Waals surface area contributed by atoms with Gasteiger partial charge in [-0.3, -0.25) is 0 Å². The van der Waals surface area contributed by atoms with Gasteiger partial charge in [0.2, 0.25) is 0 Å². The van der Waals surface area contributed by atoms with E-state index in [0.717, 1.165) is 36.7 Å². The molecule has 0 heterocycles. The molecule has 104 valence electrons. The van der Waals surface area contributed by atoms with Gasteiger partial charge in [0.05, 0.1) is 5.02 Å². The van der Waals surface area contributed by atoms with E-state index in [1.54, 1.807) is 6.07 Å². The number of hydrogen-bond acceptors (Lipinski definition) is 1. The highest BCUT2D eigenvalue weighted by Crippen LogP contribution is 2.46. The van der Waals surface area contributed by atoms with Crippen molar-refractivity contribution in [3.8, 4) is 0 Å². The fourth-order valence-corrected chi connectivity index (χ4v) is 3.83. The van der Waals surface area contributed by atoms with Gasteiger partial charge in [0.1, 0.15) is 5.82 Å². The van der Waals surface area contributed by atoms with Gasteiger partial charge < -0.3 is 5.73 Å². The van der Waals surface area contributed by atoms with Crippen LogP contribution in [0.3, 0.4) is 0 Å². The molecular formula is C16H21ClFN. The Morgan fingerprint density at radius 1 is 1.26 bits per heavy atom. The Morgan fingerprint density at radius 3 is 2.74 bits per heavy atom. The van der Waals surface area contributed by atoms with E-state index in [1.165, 1.54) is 31.7 Å². The largest absolute Gasteiger partial charge is 0.325 e. The second-order valence-electron chi connectivity index (χ2n) is 6.48. The number of halogens is 2. The lowest BCUT2D eigenvalue weighted by molar-refractivity contribution is 0.204. The first-order chi connectivity index (χ1) is 9.06.